The molecule has 132 valence electrons. The third-order valence-electron chi connectivity index (χ3n) is 3.29. The van der Waals surface area contributed by atoms with Crippen LogP contribution in [-0.4, -0.2) is 98.6 Å². The molecule has 11 nitrogen and oxygen atoms in total. The Morgan fingerprint density at radius 3 is 1.86 bits per heavy atom. The summed E-state index contributed by atoms with van der Waals surface area (Å²) in [5.74, 6) is 0. The van der Waals surface area contributed by atoms with Crippen molar-refractivity contribution in [2.75, 3.05) is 20.3 Å². The Morgan fingerprint density at radius 1 is 1.00 bits per heavy atom. The van der Waals surface area contributed by atoms with E-state index in [2.05, 4.69) is 9.05 Å². The second-order valence-electron chi connectivity index (χ2n) is 4.83. The fraction of sp³-hybridized carbons (Fsp3) is 1.00. The monoisotopic (exact) mass is 348 g/mol. The minimum absolute atomic E-state index is 0.491. The van der Waals surface area contributed by atoms with E-state index in [1.165, 1.54) is 7.11 Å². The number of rotatable bonds is 7. The molecule has 0 spiro atoms. The van der Waals surface area contributed by atoms with Gasteiger partial charge in [-0.25, -0.2) is 4.57 Å². The molecule has 22 heavy (non-hydrogen) atoms. The molecule has 1 rings (SSSR count). The summed E-state index contributed by atoms with van der Waals surface area (Å²) in [7, 11) is -3.57. The number of phosphoric acid groups is 1. The van der Waals surface area contributed by atoms with Crippen LogP contribution in [0.3, 0.4) is 0 Å². The second-order valence-corrected chi connectivity index (χ2v) is 6.23. The number of aliphatic hydroxyl groups is 6. The average molecular weight is 348 g/mol. The minimum atomic E-state index is -4.80. The smallest absolute Gasteiger partial charge is 0.394 e. The molecule has 0 aromatic rings. The van der Waals surface area contributed by atoms with E-state index in [-0.39, 0.29) is 0 Å². The van der Waals surface area contributed by atoms with E-state index >= 15 is 0 Å². The summed E-state index contributed by atoms with van der Waals surface area (Å²) in [6, 6.07) is 0. The first-order valence-corrected chi connectivity index (χ1v) is 7.84. The molecule has 0 saturated heterocycles. The third kappa shape index (κ3) is 4.66. The summed E-state index contributed by atoms with van der Waals surface area (Å²) in [6.45, 7) is -1.01. The Labute approximate surface area is 125 Å². The lowest BCUT2D eigenvalue weighted by Crippen LogP contribution is -2.64. The highest BCUT2D eigenvalue weighted by Crippen LogP contribution is 2.47. The maximum absolute atomic E-state index is 11.7. The predicted octanol–water partition coefficient (Wildman–Crippen LogP) is -3.69. The van der Waals surface area contributed by atoms with E-state index in [1.807, 2.05) is 0 Å². The molecule has 7 N–H and O–H groups in total. The molecule has 1 fully saturated rings. The average Bonchev–Trinajstić information content (AvgIpc) is 2.48. The molecule has 0 heterocycles. The van der Waals surface area contributed by atoms with Crippen LogP contribution < -0.4 is 0 Å². The van der Waals surface area contributed by atoms with Gasteiger partial charge in [0, 0.05) is 7.11 Å². The maximum Gasteiger partial charge on any atom is 0.472 e. The SMILES string of the molecule is COC(CO)COP(=O)(O)OC1C(O)[C@@H](O)C(O)[C@H](O)[C@@H]1O. The van der Waals surface area contributed by atoms with E-state index in [0.717, 1.165) is 0 Å². The summed E-state index contributed by atoms with van der Waals surface area (Å²) >= 11 is 0. The van der Waals surface area contributed by atoms with E-state index in [1.54, 1.807) is 0 Å². The van der Waals surface area contributed by atoms with Crippen LogP contribution in [0.4, 0.5) is 0 Å². The lowest BCUT2D eigenvalue weighted by atomic mass is 9.85. The highest BCUT2D eigenvalue weighted by molar-refractivity contribution is 7.47. The molecule has 0 amide bonds. The molecule has 1 aliphatic carbocycles. The van der Waals surface area contributed by atoms with Crippen LogP contribution in [0.2, 0.25) is 0 Å². The number of phosphoric ester groups is 1. The van der Waals surface area contributed by atoms with Crippen molar-refractivity contribution in [3.8, 4) is 0 Å². The molecular weight excluding hydrogens is 327 g/mol. The van der Waals surface area contributed by atoms with Gasteiger partial charge in [0.05, 0.1) is 13.2 Å². The lowest BCUT2D eigenvalue weighted by molar-refractivity contribution is -0.220. The van der Waals surface area contributed by atoms with Gasteiger partial charge in [0.2, 0.25) is 0 Å². The van der Waals surface area contributed by atoms with Gasteiger partial charge < -0.3 is 40.3 Å². The Bertz CT molecular complexity index is 373. The molecule has 0 aliphatic heterocycles. The normalized spacial score (nSPS) is 40.2. The highest BCUT2D eigenvalue weighted by Gasteiger charge is 2.51. The number of ether oxygens (including phenoxy) is 1. The van der Waals surface area contributed by atoms with E-state index in [4.69, 9.17) is 9.84 Å². The standard InChI is InChI=1S/C10H21O11P/c1-19-4(2-11)3-20-22(17,18)21-10-8(15)6(13)5(12)7(14)9(10)16/h4-16H,2-3H2,1H3,(H,17,18)/t4?,5?,6-,7-,8-,9?,10?/m0/s1. The molecular formula is C10H21O11P. The van der Waals surface area contributed by atoms with Crippen LogP contribution in [0.25, 0.3) is 0 Å². The van der Waals surface area contributed by atoms with Crippen molar-refractivity contribution >= 4 is 7.82 Å². The summed E-state index contributed by atoms with van der Waals surface area (Å²) in [5, 5.41) is 56.5. The first-order valence-electron chi connectivity index (χ1n) is 6.34. The molecule has 0 aromatic heterocycles. The van der Waals surface area contributed by atoms with Gasteiger partial charge in [0.1, 0.15) is 42.7 Å². The largest absolute Gasteiger partial charge is 0.472 e. The van der Waals surface area contributed by atoms with Gasteiger partial charge >= 0.3 is 7.82 Å². The highest BCUT2D eigenvalue weighted by atomic mass is 31.2. The van der Waals surface area contributed by atoms with Crippen LogP contribution in [-0.2, 0) is 18.3 Å². The molecule has 5 unspecified atom stereocenters. The predicted molar refractivity (Wildman–Crippen MR) is 68.6 cm³/mol. The van der Waals surface area contributed by atoms with Gasteiger partial charge in [0.15, 0.2) is 0 Å². The van der Waals surface area contributed by atoms with Crippen molar-refractivity contribution in [1.82, 2.24) is 0 Å². The van der Waals surface area contributed by atoms with Crippen molar-refractivity contribution in [3.05, 3.63) is 0 Å². The molecule has 0 bridgehead atoms. The maximum atomic E-state index is 11.7. The Kier molecular flexibility index (Phi) is 7.30. The minimum Gasteiger partial charge on any atom is -0.394 e. The quantitative estimate of drug-likeness (QED) is 0.225. The lowest BCUT2D eigenvalue weighted by Gasteiger charge is -2.41. The van der Waals surface area contributed by atoms with Crippen LogP contribution in [0.15, 0.2) is 0 Å². The van der Waals surface area contributed by atoms with Gasteiger partial charge in [-0.15, -0.1) is 0 Å². The zero-order chi connectivity index (χ0) is 17.1. The zero-order valence-electron chi connectivity index (χ0n) is 11.7. The van der Waals surface area contributed by atoms with Gasteiger partial charge in [-0.2, -0.15) is 0 Å². The number of aliphatic hydroxyl groups excluding tert-OH is 6. The number of methoxy groups -OCH3 is 1. The fourth-order valence-electron chi connectivity index (χ4n) is 1.88. The van der Waals surface area contributed by atoms with E-state index in [0.29, 0.717) is 0 Å². The first-order chi connectivity index (χ1) is 10.1. The number of hydrogen-bond acceptors (Lipinski definition) is 10. The van der Waals surface area contributed by atoms with E-state index in [9.17, 15) is 35.0 Å². The van der Waals surface area contributed by atoms with Gasteiger partial charge in [0.25, 0.3) is 0 Å². The van der Waals surface area contributed by atoms with Crippen LogP contribution >= 0.6 is 7.82 Å². The topological polar surface area (TPSA) is 186 Å². The van der Waals surface area contributed by atoms with Crippen LogP contribution in [0.5, 0.6) is 0 Å². The van der Waals surface area contributed by atoms with E-state index < -0.39 is 63.8 Å². The Morgan fingerprint density at radius 2 is 1.45 bits per heavy atom. The van der Waals surface area contributed by atoms with Gasteiger partial charge in [-0.05, 0) is 0 Å². The molecule has 0 radical (unpaired) electrons. The second kappa shape index (κ2) is 8.08. The third-order valence-corrected chi connectivity index (χ3v) is 4.27. The van der Waals surface area contributed by atoms with Crippen molar-refractivity contribution < 1.29 is 53.9 Å². The van der Waals surface area contributed by atoms with Gasteiger partial charge in [-0.1, -0.05) is 0 Å². The van der Waals surface area contributed by atoms with Crippen molar-refractivity contribution in [3.63, 3.8) is 0 Å². The zero-order valence-corrected chi connectivity index (χ0v) is 12.6. The molecule has 12 heteroatoms. The first kappa shape index (κ1) is 19.9. The summed E-state index contributed by atoms with van der Waals surface area (Å²) in [4.78, 5) is 9.51. The van der Waals surface area contributed by atoms with Gasteiger partial charge in [-0.3, -0.25) is 9.05 Å². The summed E-state index contributed by atoms with van der Waals surface area (Å²) in [5.41, 5.74) is 0. The molecule has 1 aliphatic rings. The summed E-state index contributed by atoms with van der Waals surface area (Å²) in [6.07, 6.45) is -12.3. The van der Waals surface area contributed by atoms with Crippen molar-refractivity contribution in [2.45, 2.75) is 42.7 Å². The van der Waals surface area contributed by atoms with Crippen molar-refractivity contribution in [2.24, 2.45) is 0 Å². The Hall–Kier alpha value is -0.170. The van der Waals surface area contributed by atoms with Crippen LogP contribution in [0.1, 0.15) is 0 Å². The Balaban J connectivity index is 2.72. The molecule has 8 atom stereocenters. The summed E-state index contributed by atoms with van der Waals surface area (Å²) < 4.78 is 25.5. The molecule has 0 aromatic carbocycles. The number of hydrogen-bond donors (Lipinski definition) is 7. The van der Waals surface area contributed by atoms with Crippen molar-refractivity contribution in [1.29, 1.82) is 0 Å². The molecule has 1 saturated carbocycles. The fourth-order valence-corrected chi connectivity index (χ4v) is 2.85. The van der Waals surface area contributed by atoms with Crippen LogP contribution in [0, 0.1) is 0 Å².